The number of rotatable bonds is 6. The van der Waals surface area contributed by atoms with Crippen LogP contribution in [0.5, 0.6) is 0 Å². The van der Waals surface area contributed by atoms with Gasteiger partial charge in [0.1, 0.15) is 0 Å². The van der Waals surface area contributed by atoms with Crippen LogP contribution in [0.4, 0.5) is 17.1 Å². The van der Waals surface area contributed by atoms with E-state index < -0.39 is 0 Å². The fourth-order valence-electron chi connectivity index (χ4n) is 5.98. The first-order chi connectivity index (χ1) is 21.7. The van der Waals surface area contributed by atoms with Crippen molar-refractivity contribution in [1.82, 2.24) is 9.55 Å². The standard InChI is InChI=1S/C39H27N3/c1-3-9-32(10-4-1)41(33-11-5-2-6-12-33)34-20-16-28(17-21-34)14-15-29-26-31-19-18-30-8-7-13-36-38(30)39(31)37(27-29)42(36)35-22-24-40-25-23-35/h1-27H/b15-14+/i14D,15D. The van der Waals surface area contributed by atoms with Crippen molar-refractivity contribution in [2.75, 3.05) is 4.90 Å². The Hall–Kier alpha value is -5.67. The number of benzene rings is 6. The van der Waals surface area contributed by atoms with Crippen molar-refractivity contribution in [2.45, 2.75) is 0 Å². The van der Waals surface area contributed by atoms with Gasteiger partial charge < -0.3 is 9.47 Å². The summed E-state index contributed by atoms with van der Waals surface area (Å²) >= 11 is 0. The Morgan fingerprint density at radius 3 is 1.86 bits per heavy atom. The van der Waals surface area contributed by atoms with Gasteiger partial charge in [0.15, 0.2) is 0 Å². The quantitative estimate of drug-likeness (QED) is 0.155. The third-order valence-corrected chi connectivity index (χ3v) is 7.82. The fourth-order valence-corrected chi connectivity index (χ4v) is 5.98. The molecule has 0 fully saturated rings. The molecule has 0 N–H and O–H groups in total. The van der Waals surface area contributed by atoms with Crippen LogP contribution in [0, 0.1) is 0 Å². The molecule has 42 heavy (non-hydrogen) atoms. The molecule has 8 aromatic rings. The Bertz CT molecular complexity index is 2240. The highest BCUT2D eigenvalue weighted by molar-refractivity contribution is 6.24. The minimum Gasteiger partial charge on any atom is -0.311 e. The highest BCUT2D eigenvalue weighted by Crippen LogP contribution is 2.40. The van der Waals surface area contributed by atoms with Crippen molar-refractivity contribution >= 4 is 61.7 Å². The predicted octanol–water partition coefficient (Wildman–Crippen LogP) is 10.4. The zero-order chi connectivity index (χ0) is 29.6. The van der Waals surface area contributed by atoms with Crippen LogP contribution < -0.4 is 4.90 Å². The van der Waals surface area contributed by atoms with Crippen molar-refractivity contribution < 1.29 is 2.74 Å². The van der Waals surface area contributed by atoms with E-state index in [0.717, 1.165) is 39.2 Å². The summed E-state index contributed by atoms with van der Waals surface area (Å²) < 4.78 is 20.5. The molecule has 8 rings (SSSR count). The third kappa shape index (κ3) is 4.11. The summed E-state index contributed by atoms with van der Waals surface area (Å²) in [6, 6.07) is 47.5. The zero-order valence-corrected chi connectivity index (χ0v) is 22.8. The Kier molecular flexibility index (Phi) is 5.29. The van der Waals surface area contributed by atoms with Gasteiger partial charge in [0, 0.05) is 45.9 Å². The second-order valence-electron chi connectivity index (χ2n) is 10.4. The molecular weight excluding hydrogens is 510 g/mol. The van der Waals surface area contributed by atoms with E-state index in [-0.39, 0.29) is 12.1 Å². The zero-order valence-electron chi connectivity index (χ0n) is 24.8. The van der Waals surface area contributed by atoms with Gasteiger partial charge in [0.2, 0.25) is 0 Å². The molecule has 0 spiro atoms. The van der Waals surface area contributed by atoms with E-state index in [2.05, 4.69) is 75.1 Å². The van der Waals surface area contributed by atoms with Gasteiger partial charge in [0.25, 0.3) is 0 Å². The van der Waals surface area contributed by atoms with E-state index in [1.807, 2.05) is 78.9 Å². The molecule has 0 aliphatic carbocycles. The van der Waals surface area contributed by atoms with Crippen LogP contribution >= 0.6 is 0 Å². The maximum atomic E-state index is 9.17. The lowest BCUT2D eigenvalue weighted by molar-refractivity contribution is 1.16. The van der Waals surface area contributed by atoms with Crippen molar-refractivity contribution in [3.63, 3.8) is 0 Å². The second-order valence-corrected chi connectivity index (χ2v) is 10.4. The summed E-state index contributed by atoms with van der Waals surface area (Å²) in [6.45, 7) is 0. The molecule has 0 saturated heterocycles. The van der Waals surface area contributed by atoms with Gasteiger partial charge in [-0.2, -0.15) is 0 Å². The minimum absolute atomic E-state index is 0.182. The van der Waals surface area contributed by atoms with Gasteiger partial charge in [-0.1, -0.05) is 84.9 Å². The molecule has 0 aliphatic rings. The van der Waals surface area contributed by atoms with Crippen molar-refractivity contribution in [3.05, 3.63) is 163 Å². The first-order valence-corrected chi connectivity index (χ1v) is 14.1. The molecule has 3 nitrogen and oxygen atoms in total. The van der Waals surface area contributed by atoms with Crippen molar-refractivity contribution in [1.29, 1.82) is 0 Å². The molecule has 6 aromatic carbocycles. The van der Waals surface area contributed by atoms with E-state index in [1.165, 1.54) is 16.2 Å². The molecule has 2 aromatic heterocycles. The van der Waals surface area contributed by atoms with Crippen LogP contribution in [-0.2, 0) is 0 Å². The lowest BCUT2D eigenvalue weighted by Gasteiger charge is -2.25. The molecule has 0 aliphatic heterocycles. The first kappa shape index (κ1) is 22.1. The summed E-state index contributed by atoms with van der Waals surface area (Å²) in [7, 11) is 0. The van der Waals surface area contributed by atoms with Gasteiger partial charge in [-0.25, -0.2) is 0 Å². The monoisotopic (exact) mass is 539 g/mol. The fraction of sp³-hybridized carbons (Fsp3) is 0. The number of hydrogen-bond acceptors (Lipinski definition) is 2. The van der Waals surface area contributed by atoms with E-state index >= 15 is 0 Å². The number of nitrogens with zero attached hydrogens (tertiary/aromatic N) is 3. The van der Waals surface area contributed by atoms with Crippen LogP contribution in [0.2, 0.25) is 0 Å². The highest BCUT2D eigenvalue weighted by atomic mass is 15.1. The minimum atomic E-state index is 0.182. The van der Waals surface area contributed by atoms with E-state index in [1.54, 1.807) is 12.4 Å². The number of anilines is 3. The van der Waals surface area contributed by atoms with Crippen LogP contribution in [0.3, 0.4) is 0 Å². The summed E-state index contributed by atoms with van der Waals surface area (Å²) in [4.78, 5) is 6.42. The molecule has 3 heteroatoms. The Morgan fingerprint density at radius 2 is 1.14 bits per heavy atom. The van der Waals surface area contributed by atoms with E-state index in [9.17, 15) is 1.37 Å². The summed E-state index contributed by atoms with van der Waals surface area (Å²) in [5.41, 5.74) is 7.65. The normalized spacial score (nSPS) is 12.9. The largest absolute Gasteiger partial charge is 0.311 e. The summed E-state index contributed by atoms with van der Waals surface area (Å²) in [5.74, 6) is 0. The van der Waals surface area contributed by atoms with Gasteiger partial charge in [0.05, 0.1) is 13.8 Å². The molecule has 0 bridgehead atoms. The molecular formula is C39H27N3. The SMILES string of the molecule is [2H]/C(=C(/[2H])c1cc2ccc3cccc4c3c2c(c1)n4-c1ccncc1)c1ccc(N(c2ccccc2)c2ccccc2)cc1. The smallest absolute Gasteiger partial charge is 0.0629 e. The first-order valence-electron chi connectivity index (χ1n) is 15.1. The topological polar surface area (TPSA) is 21.1 Å². The van der Waals surface area contributed by atoms with Gasteiger partial charge in [-0.05, 0) is 88.6 Å². The lowest BCUT2D eigenvalue weighted by Crippen LogP contribution is -2.09. The predicted molar refractivity (Wildman–Crippen MR) is 177 cm³/mol. The maximum Gasteiger partial charge on any atom is 0.0629 e. The molecule has 0 saturated carbocycles. The average molecular weight is 540 g/mol. The lowest BCUT2D eigenvalue weighted by atomic mass is 10.00. The average Bonchev–Trinajstić information content (AvgIpc) is 3.43. The molecule has 0 amide bonds. The van der Waals surface area contributed by atoms with Gasteiger partial charge >= 0.3 is 0 Å². The van der Waals surface area contributed by atoms with Crippen molar-refractivity contribution in [2.24, 2.45) is 0 Å². The van der Waals surface area contributed by atoms with Gasteiger partial charge in [-0.15, -0.1) is 0 Å². The Labute approximate surface area is 247 Å². The Morgan fingerprint density at radius 1 is 0.524 bits per heavy atom. The molecule has 0 atom stereocenters. The second kappa shape index (κ2) is 10.1. The Balaban J connectivity index is 1.24. The highest BCUT2D eigenvalue weighted by Gasteiger charge is 2.17. The molecule has 2 heterocycles. The maximum absolute atomic E-state index is 9.17. The summed E-state index contributed by atoms with van der Waals surface area (Å²) in [5, 5.41) is 4.62. The molecule has 198 valence electrons. The number of para-hydroxylation sites is 2. The van der Waals surface area contributed by atoms with Gasteiger partial charge in [-0.3, -0.25) is 4.98 Å². The number of pyridine rings is 1. The molecule has 0 radical (unpaired) electrons. The van der Waals surface area contributed by atoms with Crippen molar-refractivity contribution in [3.8, 4) is 5.69 Å². The third-order valence-electron chi connectivity index (χ3n) is 7.82. The molecule has 0 unspecified atom stereocenters. The van der Waals surface area contributed by atoms with Crippen LogP contribution in [0.15, 0.2) is 152 Å². The van der Waals surface area contributed by atoms with Crippen LogP contribution in [0.25, 0.3) is 50.4 Å². The van der Waals surface area contributed by atoms with E-state index in [4.69, 9.17) is 1.37 Å². The van der Waals surface area contributed by atoms with Crippen LogP contribution in [-0.4, -0.2) is 9.55 Å². The van der Waals surface area contributed by atoms with Crippen LogP contribution in [0.1, 0.15) is 13.9 Å². The number of hydrogen-bond donors (Lipinski definition) is 0. The summed E-state index contributed by atoms with van der Waals surface area (Å²) in [6.07, 6.45) is 3.61. The number of aromatic nitrogens is 2. The van der Waals surface area contributed by atoms with E-state index in [0.29, 0.717) is 11.1 Å².